The molecule has 1 aromatic heterocycles. The highest BCUT2D eigenvalue weighted by molar-refractivity contribution is 14.0. The van der Waals surface area contributed by atoms with Crippen molar-refractivity contribution >= 4 is 41.5 Å². The third-order valence-corrected chi connectivity index (χ3v) is 4.76. The van der Waals surface area contributed by atoms with Crippen molar-refractivity contribution in [2.75, 3.05) is 13.2 Å². The molecule has 158 valence electrons. The summed E-state index contributed by atoms with van der Waals surface area (Å²) in [5.74, 6) is 1.23. The van der Waals surface area contributed by atoms with E-state index in [1.165, 1.54) is 18.9 Å². The lowest BCUT2D eigenvalue weighted by Gasteiger charge is -2.19. The molecule has 1 aliphatic rings. The lowest BCUT2D eigenvalue weighted by atomic mass is 10.1. The highest BCUT2D eigenvalue weighted by Crippen LogP contribution is 2.30. The molecule has 1 aromatic carbocycles. The summed E-state index contributed by atoms with van der Waals surface area (Å²) in [4.78, 5) is 8.63. The van der Waals surface area contributed by atoms with Gasteiger partial charge in [0.15, 0.2) is 17.5 Å². The summed E-state index contributed by atoms with van der Waals surface area (Å²) in [5, 5.41) is 6.97. The van der Waals surface area contributed by atoms with Gasteiger partial charge in [-0.25, -0.2) is 14.4 Å². The van der Waals surface area contributed by atoms with Gasteiger partial charge in [-0.05, 0) is 61.9 Å². The minimum atomic E-state index is -0.332. The van der Waals surface area contributed by atoms with Crippen LogP contribution < -0.4 is 15.4 Å². The number of aromatic nitrogens is 1. The van der Waals surface area contributed by atoms with Crippen molar-refractivity contribution in [1.82, 2.24) is 15.6 Å². The van der Waals surface area contributed by atoms with E-state index in [2.05, 4.69) is 20.6 Å². The van der Waals surface area contributed by atoms with Gasteiger partial charge in [-0.1, -0.05) is 23.7 Å². The highest BCUT2D eigenvalue weighted by Gasteiger charge is 2.22. The van der Waals surface area contributed by atoms with E-state index in [4.69, 9.17) is 16.3 Å². The Labute approximate surface area is 193 Å². The van der Waals surface area contributed by atoms with Crippen LogP contribution in [0.1, 0.15) is 43.9 Å². The van der Waals surface area contributed by atoms with Crippen LogP contribution in [-0.4, -0.2) is 24.1 Å². The van der Waals surface area contributed by atoms with Crippen LogP contribution in [-0.2, 0) is 6.54 Å². The van der Waals surface area contributed by atoms with E-state index in [-0.39, 0.29) is 35.8 Å². The van der Waals surface area contributed by atoms with Crippen LogP contribution in [0.25, 0.3) is 0 Å². The van der Waals surface area contributed by atoms with Crippen molar-refractivity contribution in [1.29, 1.82) is 0 Å². The van der Waals surface area contributed by atoms with Gasteiger partial charge in [-0.3, -0.25) is 0 Å². The maximum Gasteiger partial charge on any atom is 0.192 e. The Morgan fingerprint density at radius 2 is 2.14 bits per heavy atom. The first-order valence-electron chi connectivity index (χ1n) is 9.62. The number of hydrogen-bond acceptors (Lipinski definition) is 3. The van der Waals surface area contributed by atoms with Gasteiger partial charge < -0.3 is 15.4 Å². The standard InChI is InChI=1S/C21H26ClFN4O.HI/c1-3-24-21(26-12-16-6-9-20(22)25-11-16)27-14(2)17-7-8-19(18(23)10-17)28-13-15-4-5-15;/h6-11,14-15H,3-5,12-13H2,1-2H3,(H2,24,26,27);1H. The molecular weight excluding hydrogens is 506 g/mol. The van der Waals surface area contributed by atoms with Gasteiger partial charge in [-0.15, -0.1) is 24.0 Å². The number of pyridine rings is 1. The van der Waals surface area contributed by atoms with E-state index < -0.39 is 0 Å². The van der Waals surface area contributed by atoms with Gasteiger partial charge in [-0.2, -0.15) is 0 Å². The van der Waals surface area contributed by atoms with Crippen molar-refractivity contribution in [3.05, 3.63) is 58.6 Å². The van der Waals surface area contributed by atoms with Crippen LogP contribution in [0.5, 0.6) is 5.75 Å². The molecular formula is C21H27ClFIN4O. The van der Waals surface area contributed by atoms with Gasteiger partial charge in [0.1, 0.15) is 5.15 Å². The first kappa shape index (κ1) is 23.7. The maximum absolute atomic E-state index is 14.4. The molecule has 8 heteroatoms. The molecule has 1 heterocycles. The van der Waals surface area contributed by atoms with Crippen LogP contribution in [0.15, 0.2) is 41.5 Å². The van der Waals surface area contributed by atoms with Crippen LogP contribution >= 0.6 is 35.6 Å². The molecule has 0 radical (unpaired) electrons. The van der Waals surface area contributed by atoms with Gasteiger partial charge in [0.25, 0.3) is 0 Å². The molecule has 1 aliphatic carbocycles. The first-order valence-corrected chi connectivity index (χ1v) is 10.0. The minimum absolute atomic E-state index is 0. The summed E-state index contributed by atoms with van der Waals surface area (Å²) in [7, 11) is 0. The Kier molecular flexibility index (Phi) is 9.42. The lowest BCUT2D eigenvalue weighted by Crippen LogP contribution is -2.38. The Bertz CT molecular complexity index is 815. The highest BCUT2D eigenvalue weighted by atomic mass is 127. The third-order valence-electron chi connectivity index (χ3n) is 4.53. The number of hydrogen-bond donors (Lipinski definition) is 2. The average Bonchev–Trinajstić information content (AvgIpc) is 3.51. The predicted molar refractivity (Wildman–Crippen MR) is 126 cm³/mol. The molecule has 29 heavy (non-hydrogen) atoms. The van der Waals surface area contributed by atoms with Gasteiger partial charge in [0.05, 0.1) is 19.2 Å². The van der Waals surface area contributed by atoms with Gasteiger partial charge in [0.2, 0.25) is 0 Å². The molecule has 0 saturated heterocycles. The average molecular weight is 533 g/mol. The number of nitrogens with zero attached hydrogens (tertiary/aromatic N) is 2. The fourth-order valence-corrected chi connectivity index (χ4v) is 2.79. The molecule has 1 atom stereocenters. The Balaban J connectivity index is 0.00000300. The van der Waals surface area contributed by atoms with Crippen molar-refractivity contribution in [2.24, 2.45) is 10.9 Å². The fraction of sp³-hybridized carbons (Fsp3) is 0.429. The Hall–Kier alpha value is -1.61. The second kappa shape index (κ2) is 11.5. The zero-order valence-corrected chi connectivity index (χ0v) is 19.7. The third kappa shape index (κ3) is 7.62. The molecule has 2 N–H and O–H groups in total. The van der Waals surface area contributed by atoms with E-state index in [9.17, 15) is 4.39 Å². The zero-order chi connectivity index (χ0) is 19.9. The number of aliphatic imine (C=N–C) groups is 1. The van der Waals surface area contributed by atoms with E-state index in [0.29, 0.717) is 35.9 Å². The molecule has 0 aliphatic heterocycles. The summed E-state index contributed by atoms with van der Waals surface area (Å²) >= 11 is 5.81. The largest absolute Gasteiger partial charge is 0.490 e. The van der Waals surface area contributed by atoms with Crippen LogP contribution in [0, 0.1) is 11.7 Å². The molecule has 1 fully saturated rings. The number of rotatable bonds is 8. The lowest BCUT2D eigenvalue weighted by molar-refractivity contribution is 0.285. The van der Waals surface area contributed by atoms with Crippen molar-refractivity contribution in [3.8, 4) is 5.75 Å². The molecule has 0 bridgehead atoms. The molecule has 0 amide bonds. The van der Waals surface area contributed by atoms with Crippen molar-refractivity contribution < 1.29 is 9.13 Å². The van der Waals surface area contributed by atoms with E-state index in [1.54, 1.807) is 18.3 Å². The predicted octanol–water partition coefficient (Wildman–Crippen LogP) is 5.10. The monoisotopic (exact) mass is 532 g/mol. The van der Waals surface area contributed by atoms with Crippen LogP contribution in [0.3, 0.4) is 0 Å². The summed E-state index contributed by atoms with van der Waals surface area (Å²) < 4.78 is 19.9. The van der Waals surface area contributed by atoms with E-state index >= 15 is 0 Å². The van der Waals surface area contributed by atoms with Crippen LogP contribution in [0.4, 0.5) is 4.39 Å². The second-order valence-corrected chi connectivity index (χ2v) is 7.38. The molecule has 1 saturated carbocycles. The van der Waals surface area contributed by atoms with Crippen molar-refractivity contribution in [3.63, 3.8) is 0 Å². The Morgan fingerprint density at radius 1 is 1.34 bits per heavy atom. The second-order valence-electron chi connectivity index (χ2n) is 6.99. The summed E-state index contributed by atoms with van der Waals surface area (Å²) in [5.41, 5.74) is 1.78. The molecule has 3 rings (SSSR count). The Morgan fingerprint density at radius 3 is 2.76 bits per heavy atom. The summed E-state index contributed by atoms with van der Waals surface area (Å²) in [6.07, 6.45) is 4.06. The van der Waals surface area contributed by atoms with Gasteiger partial charge in [0, 0.05) is 12.7 Å². The number of guanidine groups is 1. The zero-order valence-electron chi connectivity index (χ0n) is 16.6. The topological polar surface area (TPSA) is 58.5 Å². The number of benzene rings is 1. The number of nitrogens with one attached hydrogen (secondary N) is 2. The summed E-state index contributed by atoms with van der Waals surface area (Å²) in [6.45, 7) is 5.75. The minimum Gasteiger partial charge on any atom is -0.490 e. The number of halogens is 3. The van der Waals surface area contributed by atoms with E-state index in [0.717, 1.165) is 17.7 Å². The maximum atomic E-state index is 14.4. The SMILES string of the molecule is CCNC(=NCc1ccc(Cl)nc1)NC(C)c1ccc(OCC2CC2)c(F)c1.I. The molecule has 1 unspecified atom stereocenters. The quantitative estimate of drug-likeness (QED) is 0.215. The smallest absolute Gasteiger partial charge is 0.192 e. The van der Waals surface area contributed by atoms with Gasteiger partial charge >= 0.3 is 0 Å². The molecule has 2 aromatic rings. The van der Waals surface area contributed by atoms with Crippen LogP contribution in [0.2, 0.25) is 5.15 Å². The normalized spacial score (nSPS) is 14.7. The molecule has 0 spiro atoms. The van der Waals surface area contributed by atoms with Crippen molar-refractivity contribution in [2.45, 2.75) is 39.3 Å². The van der Waals surface area contributed by atoms with E-state index in [1.807, 2.05) is 26.0 Å². The number of ether oxygens (including phenoxy) is 1. The summed E-state index contributed by atoms with van der Waals surface area (Å²) in [6, 6.07) is 8.62. The fourth-order valence-electron chi connectivity index (χ4n) is 2.67. The first-order chi connectivity index (χ1) is 13.5. The molecule has 5 nitrogen and oxygen atoms in total.